The van der Waals surface area contributed by atoms with Crippen LogP contribution in [0.25, 0.3) is 0 Å². The summed E-state index contributed by atoms with van der Waals surface area (Å²) >= 11 is 0. The summed E-state index contributed by atoms with van der Waals surface area (Å²) in [6, 6.07) is 7.82. The van der Waals surface area contributed by atoms with E-state index in [-0.39, 0.29) is 12.1 Å². The minimum atomic E-state index is -0.0948. The smallest absolute Gasteiger partial charge is 0.119 e. The number of hydrogen-bond acceptors (Lipinski definition) is 3. The first-order chi connectivity index (χ1) is 8.13. The van der Waals surface area contributed by atoms with Gasteiger partial charge in [-0.3, -0.25) is 0 Å². The average molecular weight is 237 g/mol. The Labute approximate surface area is 104 Å². The fourth-order valence-electron chi connectivity index (χ4n) is 1.45. The van der Waals surface area contributed by atoms with Crippen molar-refractivity contribution >= 4 is 0 Å². The number of ether oxygens (including phenoxy) is 2. The highest BCUT2D eigenvalue weighted by Gasteiger charge is 2.08. The van der Waals surface area contributed by atoms with Crippen LogP contribution in [0.1, 0.15) is 38.8 Å². The highest BCUT2D eigenvalue weighted by Crippen LogP contribution is 2.18. The molecule has 2 N–H and O–H groups in total. The molecule has 0 heterocycles. The van der Waals surface area contributed by atoms with E-state index >= 15 is 0 Å². The topological polar surface area (TPSA) is 44.5 Å². The summed E-state index contributed by atoms with van der Waals surface area (Å²) in [7, 11) is 0. The van der Waals surface area contributed by atoms with Crippen LogP contribution in [0.15, 0.2) is 24.3 Å². The molecule has 0 bridgehead atoms. The normalized spacial score (nSPS) is 12.8. The van der Waals surface area contributed by atoms with Crippen molar-refractivity contribution in [3.63, 3.8) is 0 Å². The van der Waals surface area contributed by atoms with Gasteiger partial charge < -0.3 is 15.2 Å². The number of rotatable bonds is 7. The molecule has 0 aliphatic carbocycles. The molecule has 96 valence electrons. The highest BCUT2D eigenvalue weighted by atomic mass is 16.5. The van der Waals surface area contributed by atoms with Crippen LogP contribution < -0.4 is 10.5 Å². The minimum absolute atomic E-state index is 0.0948. The maximum atomic E-state index is 6.06. The Morgan fingerprint density at radius 2 is 2.06 bits per heavy atom. The lowest BCUT2D eigenvalue weighted by Gasteiger charge is -2.15. The molecule has 0 saturated heterocycles. The van der Waals surface area contributed by atoms with E-state index in [0.29, 0.717) is 6.61 Å². The van der Waals surface area contributed by atoms with E-state index in [4.69, 9.17) is 15.2 Å². The van der Waals surface area contributed by atoms with E-state index in [1.807, 2.05) is 38.1 Å². The van der Waals surface area contributed by atoms with Crippen LogP contribution in [-0.4, -0.2) is 19.3 Å². The van der Waals surface area contributed by atoms with Crippen LogP contribution in [0.2, 0.25) is 0 Å². The van der Waals surface area contributed by atoms with E-state index in [1.54, 1.807) is 0 Å². The van der Waals surface area contributed by atoms with Crippen LogP contribution in [0.3, 0.4) is 0 Å². The summed E-state index contributed by atoms with van der Waals surface area (Å²) in [5.41, 5.74) is 7.12. The summed E-state index contributed by atoms with van der Waals surface area (Å²) in [4.78, 5) is 0. The van der Waals surface area contributed by atoms with Gasteiger partial charge in [-0.15, -0.1) is 0 Å². The molecule has 0 spiro atoms. The Morgan fingerprint density at radius 1 is 1.29 bits per heavy atom. The second-order valence-electron chi connectivity index (χ2n) is 4.41. The van der Waals surface area contributed by atoms with E-state index in [9.17, 15) is 0 Å². The van der Waals surface area contributed by atoms with Gasteiger partial charge in [0.1, 0.15) is 5.75 Å². The van der Waals surface area contributed by atoms with Gasteiger partial charge in [0.25, 0.3) is 0 Å². The van der Waals surface area contributed by atoms with E-state index in [1.165, 1.54) is 0 Å². The van der Waals surface area contributed by atoms with Crippen LogP contribution in [0.5, 0.6) is 5.75 Å². The molecule has 0 aliphatic rings. The van der Waals surface area contributed by atoms with Gasteiger partial charge in [0, 0.05) is 0 Å². The molecule has 3 heteroatoms. The van der Waals surface area contributed by atoms with Crippen molar-refractivity contribution in [2.45, 2.75) is 39.3 Å². The summed E-state index contributed by atoms with van der Waals surface area (Å²) in [5, 5.41) is 0. The summed E-state index contributed by atoms with van der Waals surface area (Å²) in [6.45, 7) is 7.38. The van der Waals surface area contributed by atoms with Gasteiger partial charge in [0.15, 0.2) is 0 Å². The first-order valence-electron chi connectivity index (χ1n) is 6.23. The van der Waals surface area contributed by atoms with Crippen LogP contribution >= 0.6 is 0 Å². The maximum Gasteiger partial charge on any atom is 0.119 e. The molecule has 0 radical (unpaired) electrons. The summed E-state index contributed by atoms with van der Waals surface area (Å²) < 4.78 is 11.1. The van der Waals surface area contributed by atoms with Crippen molar-refractivity contribution in [1.82, 2.24) is 0 Å². The van der Waals surface area contributed by atoms with Crippen LogP contribution in [0, 0.1) is 0 Å². The van der Waals surface area contributed by atoms with Gasteiger partial charge in [-0.05, 0) is 38.0 Å². The van der Waals surface area contributed by atoms with Gasteiger partial charge in [0.05, 0.1) is 25.4 Å². The van der Waals surface area contributed by atoms with Gasteiger partial charge >= 0.3 is 0 Å². The van der Waals surface area contributed by atoms with E-state index < -0.39 is 0 Å². The third-order valence-corrected chi connectivity index (χ3v) is 2.37. The quantitative estimate of drug-likeness (QED) is 0.793. The lowest BCUT2D eigenvalue weighted by atomic mass is 10.1. The molecule has 0 amide bonds. The van der Waals surface area contributed by atoms with E-state index in [0.717, 1.165) is 24.3 Å². The van der Waals surface area contributed by atoms with Crippen molar-refractivity contribution in [1.29, 1.82) is 0 Å². The van der Waals surface area contributed by atoms with E-state index in [2.05, 4.69) is 6.92 Å². The van der Waals surface area contributed by atoms with Crippen molar-refractivity contribution in [2.75, 3.05) is 13.2 Å². The Hall–Kier alpha value is -1.06. The molecule has 3 nitrogen and oxygen atoms in total. The van der Waals surface area contributed by atoms with Crippen molar-refractivity contribution in [2.24, 2.45) is 5.73 Å². The van der Waals surface area contributed by atoms with Gasteiger partial charge in [-0.25, -0.2) is 0 Å². The zero-order chi connectivity index (χ0) is 12.7. The molecular weight excluding hydrogens is 214 g/mol. The van der Waals surface area contributed by atoms with Crippen molar-refractivity contribution < 1.29 is 9.47 Å². The molecule has 17 heavy (non-hydrogen) atoms. The molecule has 1 atom stereocenters. The second-order valence-corrected chi connectivity index (χ2v) is 4.41. The maximum absolute atomic E-state index is 6.06. The first-order valence-corrected chi connectivity index (χ1v) is 6.23. The highest BCUT2D eigenvalue weighted by molar-refractivity contribution is 5.30. The Bertz CT molecular complexity index is 326. The lowest BCUT2D eigenvalue weighted by Crippen LogP contribution is -2.19. The summed E-state index contributed by atoms with van der Waals surface area (Å²) in [5.74, 6) is 0.879. The minimum Gasteiger partial charge on any atom is -0.494 e. The molecule has 0 aromatic heterocycles. The number of nitrogens with two attached hydrogens (primary N) is 1. The fourth-order valence-corrected chi connectivity index (χ4v) is 1.45. The third kappa shape index (κ3) is 5.20. The van der Waals surface area contributed by atoms with Crippen LogP contribution in [-0.2, 0) is 4.74 Å². The predicted molar refractivity (Wildman–Crippen MR) is 70.2 cm³/mol. The largest absolute Gasteiger partial charge is 0.494 e. The summed E-state index contributed by atoms with van der Waals surface area (Å²) in [6.07, 6.45) is 1.22. The molecule has 1 aromatic carbocycles. The van der Waals surface area contributed by atoms with Gasteiger partial charge in [0.2, 0.25) is 0 Å². The van der Waals surface area contributed by atoms with Crippen molar-refractivity contribution in [3.05, 3.63) is 29.8 Å². The standard InChI is InChI=1S/C14H23NO2/c1-4-8-16-13-7-5-6-12(9-13)14(15)10-17-11(2)3/h5-7,9,11,14H,4,8,10,15H2,1-3H3. The van der Waals surface area contributed by atoms with Gasteiger partial charge in [-0.1, -0.05) is 19.1 Å². The molecule has 1 aromatic rings. The molecule has 0 saturated carbocycles. The molecule has 0 aliphatic heterocycles. The SMILES string of the molecule is CCCOc1cccc(C(N)COC(C)C)c1. The predicted octanol–water partition coefficient (Wildman–Crippen LogP) is 2.90. The zero-order valence-electron chi connectivity index (χ0n) is 11.0. The third-order valence-electron chi connectivity index (χ3n) is 2.37. The van der Waals surface area contributed by atoms with Gasteiger partial charge in [-0.2, -0.15) is 0 Å². The molecule has 1 rings (SSSR count). The number of hydrogen-bond donors (Lipinski definition) is 1. The monoisotopic (exact) mass is 237 g/mol. The first kappa shape index (κ1) is 14.0. The zero-order valence-corrected chi connectivity index (χ0v) is 11.0. The number of benzene rings is 1. The fraction of sp³-hybridized carbons (Fsp3) is 0.571. The van der Waals surface area contributed by atoms with Crippen LogP contribution in [0.4, 0.5) is 0 Å². The Morgan fingerprint density at radius 3 is 2.71 bits per heavy atom. The Balaban J connectivity index is 2.57. The van der Waals surface area contributed by atoms with Crippen molar-refractivity contribution in [3.8, 4) is 5.75 Å². The molecular formula is C14H23NO2. The second kappa shape index (κ2) is 7.30. The average Bonchev–Trinajstić information content (AvgIpc) is 2.33. The molecule has 0 fully saturated rings. The molecule has 1 unspecified atom stereocenters. The lowest BCUT2D eigenvalue weighted by molar-refractivity contribution is 0.0683. The Kier molecular flexibility index (Phi) is 6.01.